The van der Waals surface area contributed by atoms with Gasteiger partial charge in [0, 0.05) is 13.1 Å². The highest BCUT2D eigenvalue weighted by Gasteiger charge is 2.05. The third kappa shape index (κ3) is 6.55. The SMILES string of the molecule is C=C(C)CN(C)Cc1ccccc1CCNCCC. The predicted molar refractivity (Wildman–Crippen MR) is 84.5 cm³/mol. The molecule has 106 valence electrons. The van der Waals surface area contributed by atoms with Crippen LogP contribution in [0.25, 0.3) is 0 Å². The molecule has 0 fully saturated rings. The number of nitrogens with zero attached hydrogens (tertiary/aromatic N) is 1. The molecule has 0 spiro atoms. The molecule has 0 saturated carbocycles. The van der Waals surface area contributed by atoms with Crippen molar-refractivity contribution in [3.05, 3.63) is 47.5 Å². The van der Waals surface area contributed by atoms with Gasteiger partial charge in [0.2, 0.25) is 0 Å². The van der Waals surface area contributed by atoms with Gasteiger partial charge in [0.1, 0.15) is 0 Å². The monoisotopic (exact) mass is 260 g/mol. The van der Waals surface area contributed by atoms with Gasteiger partial charge in [0.25, 0.3) is 0 Å². The summed E-state index contributed by atoms with van der Waals surface area (Å²) in [6.07, 6.45) is 2.31. The number of nitrogens with one attached hydrogen (secondary N) is 1. The number of hydrogen-bond donors (Lipinski definition) is 1. The van der Waals surface area contributed by atoms with Gasteiger partial charge in [0.15, 0.2) is 0 Å². The fourth-order valence-electron chi connectivity index (χ4n) is 2.29. The fourth-order valence-corrected chi connectivity index (χ4v) is 2.29. The number of rotatable bonds is 9. The molecule has 0 radical (unpaired) electrons. The molecule has 1 N–H and O–H groups in total. The van der Waals surface area contributed by atoms with E-state index in [1.165, 1.54) is 23.1 Å². The highest BCUT2D eigenvalue weighted by atomic mass is 15.1. The summed E-state index contributed by atoms with van der Waals surface area (Å²) in [6, 6.07) is 8.76. The van der Waals surface area contributed by atoms with Crippen LogP contribution in [0.4, 0.5) is 0 Å². The van der Waals surface area contributed by atoms with Crippen molar-refractivity contribution in [3.63, 3.8) is 0 Å². The van der Waals surface area contributed by atoms with Crippen molar-refractivity contribution in [1.29, 1.82) is 0 Å². The van der Waals surface area contributed by atoms with E-state index in [1.807, 2.05) is 0 Å². The molecule has 2 heteroatoms. The van der Waals surface area contributed by atoms with Gasteiger partial charge in [0.05, 0.1) is 0 Å². The molecule has 0 atom stereocenters. The van der Waals surface area contributed by atoms with Crippen LogP contribution < -0.4 is 5.32 Å². The zero-order chi connectivity index (χ0) is 14.1. The summed E-state index contributed by atoms with van der Waals surface area (Å²) < 4.78 is 0. The molecule has 0 heterocycles. The minimum absolute atomic E-state index is 0.961. The smallest absolute Gasteiger partial charge is 0.0236 e. The van der Waals surface area contributed by atoms with E-state index in [0.29, 0.717) is 0 Å². The van der Waals surface area contributed by atoms with Gasteiger partial charge in [-0.05, 0) is 51.0 Å². The molecule has 2 nitrogen and oxygen atoms in total. The second kappa shape index (κ2) is 8.89. The van der Waals surface area contributed by atoms with Crippen LogP contribution in [0.2, 0.25) is 0 Å². The highest BCUT2D eigenvalue weighted by molar-refractivity contribution is 5.27. The van der Waals surface area contributed by atoms with Gasteiger partial charge < -0.3 is 5.32 Å². The lowest BCUT2D eigenvalue weighted by Crippen LogP contribution is -2.22. The summed E-state index contributed by atoms with van der Waals surface area (Å²) in [7, 11) is 2.15. The maximum absolute atomic E-state index is 3.98. The van der Waals surface area contributed by atoms with Crippen molar-refractivity contribution in [2.45, 2.75) is 33.2 Å². The molecule has 1 rings (SSSR count). The standard InChI is InChI=1S/C17H28N2/c1-5-11-18-12-10-16-8-6-7-9-17(16)14-19(4)13-15(2)3/h6-9,18H,2,5,10-14H2,1,3-4H3. The van der Waals surface area contributed by atoms with E-state index < -0.39 is 0 Å². The molecule has 1 aromatic carbocycles. The van der Waals surface area contributed by atoms with Crippen LogP contribution in [-0.2, 0) is 13.0 Å². The Morgan fingerprint density at radius 2 is 1.89 bits per heavy atom. The van der Waals surface area contributed by atoms with E-state index in [2.05, 4.69) is 62.0 Å². The van der Waals surface area contributed by atoms with E-state index >= 15 is 0 Å². The summed E-state index contributed by atoms with van der Waals surface area (Å²) >= 11 is 0. The Hall–Kier alpha value is -1.12. The van der Waals surface area contributed by atoms with Gasteiger partial charge in [-0.25, -0.2) is 0 Å². The first kappa shape index (κ1) is 15.9. The number of hydrogen-bond acceptors (Lipinski definition) is 2. The Labute approximate surface area is 118 Å². The molecular weight excluding hydrogens is 232 g/mol. The second-order valence-corrected chi connectivity index (χ2v) is 5.40. The zero-order valence-corrected chi connectivity index (χ0v) is 12.7. The van der Waals surface area contributed by atoms with Crippen molar-refractivity contribution >= 4 is 0 Å². The van der Waals surface area contributed by atoms with Crippen LogP contribution in [0.5, 0.6) is 0 Å². The van der Waals surface area contributed by atoms with Crippen molar-refractivity contribution in [3.8, 4) is 0 Å². The van der Waals surface area contributed by atoms with Crippen molar-refractivity contribution in [1.82, 2.24) is 10.2 Å². The Balaban J connectivity index is 2.54. The lowest BCUT2D eigenvalue weighted by molar-refractivity contribution is 0.354. The van der Waals surface area contributed by atoms with Crippen LogP contribution in [0.15, 0.2) is 36.4 Å². The maximum atomic E-state index is 3.98. The molecule has 0 aromatic heterocycles. The first-order valence-electron chi connectivity index (χ1n) is 7.24. The average Bonchev–Trinajstić information content (AvgIpc) is 2.35. The first-order valence-corrected chi connectivity index (χ1v) is 7.24. The van der Waals surface area contributed by atoms with Gasteiger partial charge in [-0.3, -0.25) is 4.90 Å². The molecule has 0 aliphatic carbocycles. The fraction of sp³-hybridized carbons (Fsp3) is 0.529. The number of likely N-dealkylation sites (N-methyl/N-ethyl adjacent to an activating group) is 1. The average molecular weight is 260 g/mol. The lowest BCUT2D eigenvalue weighted by atomic mass is 10.0. The molecule has 0 saturated heterocycles. The topological polar surface area (TPSA) is 15.3 Å². The predicted octanol–water partition coefficient (Wildman–Crippen LogP) is 3.24. The summed E-state index contributed by atoms with van der Waals surface area (Å²) in [4.78, 5) is 2.32. The number of benzene rings is 1. The lowest BCUT2D eigenvalue weighted by Gasteiger charge is -2.19. The van der Waals surface area contributed by atoms with Gasteiger partial charge >= 0.3 is 0 Å². The van der Waals surface area contributed by atoms with Gasteiger partial charge in [-0.1, -0.05) is 43.3 Å². The Morgan fingerprint density at radius 3 is 2.53 bits per heavy atom. The van der Waals surface area contributed by atoms with Crippen molar-refractivity contribution < 1.29 is 0 Å². The van der Waals surface area contributed by atoms with E-state index in [4.69, 9.17) is 0 Å². The molecule has 0 bridgehead atoms. The molecule has 19 heavy (non-hydrogen) atoms. The molecule has 0 amide bonds. The van der Waals surface area contributed by atoms with Crippen LogP contribution >= 0.6 is 0 Å². The van der Waals surface area contributed by atoms with Crippen LogP contribution in [-0.4, -0.2) is 31.6 Å². The minimum Gasteiger partial charge on any atom is -0.316 e. The largest absolute Gasteiger partial charge is 0.316 e. The van der Waals surface area contributed by atoms with E-state index in [-0.39, 0.29) is 0 Å². The highest BCUT2D eigenvalue weighted by Crippen LogP contribution is 2.12. The Bertz CT molecular complexity index is 385. The van der Waals surface area contributed by atoms with E-state index in [1.54, 1.807) is 0 Å². The van der Waals surface area contributed by atoms with Crippen LogP contribution in [0.1, 0.15) is 31.4 Å². The van der Waals surface area contributed by atoms with Gasteiger partial charge in [-0.2, -0.15) is 0 Å². The molecular formula is C17H28N2. The van der Waals surface area contributed by atoms with Gasteiger partial charge in [-0.15, -0.1) is 0 Å². The zero-order valence-electron chi connectivity index (χ0n) is 12.7. The maximum Gasteiger partial charge on any atom is 0.0236 e. The summed E-state index contributed by atoms with van der Waals surface area (Å²) in [5.41, 5.74) is 4.11. The molecule has 0 aliphatic rings. The first-order chi connectivity index (χ1) is 9.13. The molecule has 0 aliphatic heterocycles. The molecule has 1 aromatic rings. The summed E-state index contributed by atoms with van der Waals surface area (Å²) in [5.74, 6) is 0. The van der Waals surface area contributed by atoms with Crippen LogP contribution in [0, 0.1) is 0 Å². The van der Waals surface area contributed by atoms with Crippen LogP contribution in [0.3, 0.4) is 0 Å². The summed E-state index contributed by atoms with van der Waals surface area (Å²) in [6.45, 7) is 12.4. The Morgan fingerprint density at radius 1 is 1.21 bits per heavy atom. The second-order valence-electron chi connectivity index (χ2n) is 5.40. The van der Waals surface area contributed by atoms with Crippen molar-refractivity contribution in [2.75, 3.05) is 26.7 Å². The van der Waals surface area contributed by atoms with E-state index in [9.17, 15) is 0 Å². The minimum atomic E-state index is 0.961. The third-order valence-electron chi connectivity index (χ3n) is 3.10. The molecule has 0 unspecified atom stereocenters. The summed E-state index contributed by atoms with van der Waals surface area (Å²) in [5, 5.41) is 3.47. The van der Waals surface area contributed by atoms with E-state index in [0.717, 1.165) is 32.6 Å². The van der Waals surface area contributed by atoms with Crippen molar-refractivity contribution in [2.24, 2.45) is 0 Å². The quantitative estimate of drug-likeness (QED) is 0.542. The third-order valence-corrected chi connectivity index (χ3v) is 3.10. The Kier molecular flexibility index (Phi) is 7.46. The normalized spacial score (nSPS) is 10.9.